The molecule has 0 aromatic rings. The summed E-state index contributed by atoms with van der Waals surface area (Å²) in [5.41, 5.74) is 0. The molecule has 0 radical (unpaired) electrons. The number of hydrogen-bond donors (Lipinski definition) is 1. The van der Waals surface area contributed by atoms with Crippen LogP contribution in [0.4, 0.5) is 0 Å². The van der Waals surface area contributed by atoms with E-state index in [1.165, 1.54) is 4.90 Å². The molecule has 0 saturated carbocycles. The summed E-state index contributed by atoms with van der Waals surface area (Å²) in [6.07, 6.45) is 0. The molecule has 0 bridgehead atoms. The zero-order valence-electron chi connectivity index (χ0n) is 6.15. The number of morpholine rings is 1. The molecule has 1 rings (SSSR count). The third kappa shape index (κ3) is 2.31. The van der Waals surface area contributed by atoms with E-state index in [1.807, 2.05) is 0 Å². The van der Waals surface area contributed by atoms with Gasteiger partial charge in [0.15, 0.2) is 0 Å². The van der Waals surface area contributed by atoms with Crippen LogP contribution in [0.1, 0.15) is 0 Å². The Morgan fingerprint density at radius 1 is 1.42 bits per heavy atom. The van der Waals surface area contributed by atoms with E-state index in [1.54, 1.807) is 0 Å². The van der Waals surface area contributed by atoms with E-state index in [9.17, 15) is 14.4 Å². The van der Waals surface area contributed by atoms with Gasteiger partial charge in [0.25, 0.3) is 0 Å². The van der Waals surface area contributed by atoms with Crippen molar-refractivity contribution in [3.8, 4) is 0 Å². The Morgan fingerprint density at radius 3 is 2.33 bits per heavy atom. The summed E-state index contributed by atoms with van der Waals surface area (Å²) < 4.78 is 4.19. The molecule has 6 heteroatoms. The van der Waals surface area contributed by atoms with Gasteiger partial charge in [0.05, 0.1) is 19.6 Å². The van der Waals surface area contributed by atoms with Crippen LogP contribution in [-0.2, 0) is 19.1 Å². The van der Waals surface area contributed by atoms with Crippen molar-refractivity contribution < 1.29 is 24.2 Å². The zero-order chi connectivity index (χ0) is 9.14. The Morgan fingerprint density at radius 2 is 1.92 bits per heavy atom. The van der Waals surface area contributed by atoms with Gasteiger partial charge < -0.3 is 9.84 Å². The molecule has 66 valence electrons. The van der Waals surface area contributed by atoms with E-state index >= 15 is 0 Å². The second-order valence-electron chi connectivity index (χ2n) is 2.38. The largest absolute Gasteiger partial charge is 0.480 e. The lowest BCUT2D eigenvalue weighted by Gasteiger charge is -2.21. The topological polar surface area (TPSA) is 83.9 Å². The second-order valence-corrected chi connectivity index (χ2v) is 2.38. The van der Waals surface area contributed by atoms with E-state index in [-0.39, 0.29) is 19.6 Å². The molecule has 0 aromatic heterocycles. The lowest BCUT2D eigenvalue weighted by Crippen LogP contribution is -2.45. The summed E-state index contributed by atoms with van der Waals surface area (Å²) in [6, 6.07) is 0. The molecule has 1 heterocycles. The van der Waals surface area contributed by atoms with Crippen molar-refractivity contribution in [2.45, 2.75) is 0 Å². The van der Waals surface area contributed by atoms with Gasteiger partial charge in [-0.3, -0.25) is 19.3 Å². The van der Waals surface area contributed by atoms with Crippen molar-refractivity contribution in [1.82, 2.24) is 4.90 Å². The summed E-state index contributed by atoms with van der Waals surface area (Å²) in [7, 11) is 0. The minimum Gasteiger partial charge on any atom is -0.480 e. The minimum atomic E-state index is -1.07. The fraction of sp³-hybridized carbons (Fsp3) is 0.500. The van der Waals surface area contributed by atoms with Gasteiger partial charge in [-0.1, -0.05) is 0 Å². The Kier molecular flexibility index (Phi) is 2.39. The highest BCUT2D eigenvalue weighted by Crippen LogP contribution is 1.98. The van der Waals surface area contributed by atoms with Gasteiger partial charge in [-0.2, -0.15) is 0 Å². The summed E-state index contributed by atoms with van der Waals surface area (Å²) in [5.74, 6) is -2.47. The van der Waals surface area contributed by atoms with Crippen LogP contribution in [0.2, 0.25) is 0 Å². The molecule has 1 aliphatic rings. The van der Waals surface area contributed by atoms with Crippen molar-refractivity contribution in [3.63, 3.8) is 0 Å². The van der Waals surface area contributed by atoms with Crippen LogP contribution in [0.25, 0.3) is 0 Å². The van der Waals surface area contributed by atoms with Crippen LogP contribution in [0.15, 0.2) is 0 Å². The summed E-state index contributed by atoms with van der Waals surface area (Å²) in [6.45, 7) is -0.600. The fourth-order valence-corrected chi connectivity index (χ4v) is 0.916. The minimum absolute atomic E-state index is 0.141. The van der Waals surface area contributed by atoms with Gasteiger partial charge in [0.2, 0.25) is 0 Å². The first kappa shape index (κ1) is 8.66. The lowest BCUT2D eigenvalue weighted by atomic mass is 10.4. The molecule has 0 atom stereocenters. The van der Waals surface area contributed by atoms with Crippen LogP contribution in [0.5, 0.6) is 0 Å². The maximum Gasteiger partial charge on any atom is 0.327 e. The Bertz CT molecular complexity index is 217. The highest BCUT2D eigenvalue weighted by molar-refractivity contribution is 5.90. The molecule has 1 saturated heterocycles. The monoisotopic (exact) mass is 173 g/mol. The Hall–Kier alpha value is -1.43. The second kappa shape index (κ2) is 3.31. The van der Waals surface area contributed by atoms with E-state index in [0.717, 1.165) is 0 Å². The molecule has 1 fully saturated rings. The summed E-state index contributed by atoms with van der Waals surface area (Å²) >= 11 is 0. The first-order chi connectivity index (χ1) is 5.58. The van der Waals surface area contributed by atoms with Crippen molar-refractivity contribution in [3.05, 3.63) is 0 Å². The van der Waals surface area contributed by atoms with E-state index in [0.29, 0.717) is 0 Å². The third-order valence-electron chi connectivity index (χ3n) is 1.29. The van der Waals surface area contributed by atoms with Crippen molar-refractivity contribution in [1.29, 1.82) is 0 Å². The van der Waals surface area contributed by atoms with Crippen LogP contribution in [-0.4, -0.2) is 47.5 Å². The molecule has 0 aromatic carbocycles. The molecule has 12 heavy (non-hydrogen) atoms. The molecular weight excluding hydrogens is 166 g/mol. The standard InChI is InChI=1S/C6H7NO5/c8-4(9)1-7-2-5(10)12-6(11)3-7/h1-3H2,(H,8,9). The van der Waals surface area contributed by atoms with Crippen LogP contribution in [0, 0.1) is 0 Å². The SMILES string of the molecule is O=C(O)CN1CC(=O)OC(=O)C1. The van der Waals surface area contributed by atoms with Gasteiger partial charge in [-0.05, 0) is 0 Å². The third-order valence-corrected chi connectivity index (χ3v) is 1.29. The number of aliphatic carboxylic acids is 1. The number of carboxylic acids is 1. The number of rotatable bonds is 2. The molecule has 0 amide bonds. The Balaban J connectivity index is 2.49. The first-order valence-electron chi connectivity index (χ1n) is 3.25. The normalized spacial score (nSPS) is 19.0. The smallest absolute Gasteiger partial charge is 0.327 e. The lowest BCUT2D eigenvalue weighted by molar-refractivity contribution is -0.167. The average Bonchev–Trinajstić information content (AvgIpc) is 1.81. The van der Waals surface area contributed by atoms with Crippen LogP contribution >= 0.6 is 0 Å². The predicted octanol–water partition coefficient (Wildman–Crippen LogP) is -1.54. The number of nitrogens with zero attached hydrogens (tertiary/aromatic N) is 1. The van der Waals surface area contributed by atoms with Gasteiger partial charge in [0, 0.05) is 0 Å². The number of carbonyl (C=O) groups is 3. The maximum absolute atomic E-state index is 10.6. The van der Waals surface area contributed by atoms with Gasteiger partial charge in [-0.15, -0.1) is 0 Å². The molecule has 1 N–H and O–H groups in total. The van der Waals surface area contributed by atoms with Crippen LogP contribution in [0.3, 0.4) is 0 Å². The molecule has 0 spiro atoms. The van der Waals surface area contributed by atoms with Crippen molar-refractivity contribution in [2.24, 2.45) is 0 Å². The fourth-order valence-electron chi connectivity index (χ4n) is 0.916. The molecule has 0 unspecified atom stereocenters. The summed E-state index contributed by atoms with van der Waals surface area (Å²) in [4.78, 5) is 32.6. The van der Waals surface area contributed by atoms with Gasteiger partial charge >= 0.3 is 17.9 Å². The zero-order valence-corrected chi connectivity index (χ0v) is 6.15. The van der Waals surface area contributed by atoms with E-state index < -0.39 is 17.9 Å². The molecule has 0 aliphatic carbocycles. The van der Waals surface area contributed by atoms with Crippen molar-refractivity contribution >= 4 is 17.9 Å². The number of ether oxygens (including phenoxy) is 1. The first-order valence-corrected chi connectivity index (χ1v) is 3.25. The molecular formula is C6H7NO5. The number of carboxylic acid groups (broad SMARTS) is 1. The highest BCUT2D eigenvalue weighted by atomic mass is 16.6. The Labute approximate surface area is 67.7 Å². The number of esters is 2. The number of carbonyl (C=O) groups excluding carboxylic acids is 2. The molecule has 6 nitrogen and oxygen atoms in total. The van der Waals surface area contributed by atoms with Crippen LogP contribution < -0.4 is 0 Å². The van der Waals surface area contributed by atoms with E-state index in [4.69, 9.17) is 5.11 Å². The maximum atomic E-state index is 10.6. The predicted molar refractivity (Wildman–Crippen MR) is 35.2 cm³/mol. The quantitative estimate of drug-likeness (QED) is 0.402. The van der Waals surface area contributed by atoms with Gasteiger partial charge in [-0.25, -0.2) is 0 Å². The van der Waals surface area contributed by atoms with Gasteiger partial charge in [0.1, 0.15) is 0 Å². The number of cyclic esters (lactones) is 2. The summed E-state index contributed by atoms with van der Waals surface area (Å²) in [5, 5.41) is 8.33. The highest BCUT2D eigenvalue weighted by Gasteiger charge is 2.25. The number of hydrogen-bond acceptors (Lipinski definition) is 5. The molecule has 1 aliphatic heterocycles. The van der Waals surface area contributed by atoms with Crippen molar-refractivity contribution in [2.75, 3.05) is 19.6 Å². The van der Waals surface area contributed by atoms with E-state index in [2.05, 4.69) is 4.74 Å². The average molecular weight is 173 g/mol.